The van der Waals surface area contributed by atoms with Crippen LogP contribution in [0.25, 0.3) is 0 Å². The van der Waals surface area contributed by atoms with Crippen molar-refractivity contribution in [3.05, 3.63) is 57.6 Å². The molecule has 0 aromatic heterocycles. The molecule has 2 aromatic carbocycles. The van der Waals surface area contributed by atoms with Crippen molar-refractivity contribution < 1.29 is 9.16 Å². The molecule has 1 aliphatic heterocycles. The zero-order valence-electron chi connectivity index (χ0n) is 22.5. The molecule has 3 heteroatoms. The second-order valence-electron chi connectivity index (χ2n) is 12.3. The zero-order chi connectivity index (χ0) is 24.2. The molecule has 32 heavy (non-hydrogen) atoms. The Bertz CT molecular complexity index is 903. The van der Waals surface area contributed by atoms with Gasteiger partial charge < -0.3 is 9.16 Å². The SMILES string of the molecule is Cc1cc(C)c([Si]2(c3c(C)cc(C)cc3C)OC[C@H](C(C)(C)C)O[C@@H]2C(C)(C)C)c(C)c1. The van der Waals surface area contributed by atoms with Crippen molar-refractivity contribution in [1.29, 1.82) is 0 Å². The van der Waals surface area contributed by atoms with Gasteiger partial charge in [0.25, 0.3) is 8.32 Å². The van der Waals surface area contributed by atoms with Crippen molar-refractivity contribution in [2.24, 2.45) is 10.8 Å². The lowest BCUT2D eigenvalue weighted by atomic mass is 9.89. The molecule has 0 aliphatic carbocycles. The first-order valence-electron chi connectivity index (χ1n) is 12.0. The van der Waals surface area contributed by atoms with Gasteiger partial charge in [0.15, 0.2) is 0 Å². The van der Waals surface area contributed by atoms with Crippen molar-refractivity contribution in [2.45, 2.75) is 94.9 Å². The molecule has 176 valence electrons. The molecular weight excluding hydrogens is 408 g/mol. The first kappa shape index (κ1) is 25.2. The lowest BCUT2D eigenvalue weighted by Gasteiger charge is -2.53. The molecule has 2 nitrogen and oxygen atoms in total. The lowest BCUT2D eigenvalue weighted by Crippen LogP contribution is -2.78. The predicted molar refractivity (Wildman–Crippen MR) is 140 cm³/mol. The Kier molecular flexibility index (Phi) is 6.63. The number of aryl methyl sites for hydroxylation is 6. The minimum atomic E-state index is -2.77. The molecule has 1 aliphatic rings. The van der Waals surface area contributed by atoms with Crippen LogP contribution in [0.5, 0.6) is 0 Å². The van der Waals surface area contributed by atoms with Crippen LogP contribution in [0.4, 0.5) is 0 Å². The summed E-state index contributed by atoms with van der Waals surface area (Å²) in [5, 5.41) is 2.82. The molecule has 1 fully saturated rings. The summed E-state index contributed by atoms with van der Waals surface area (Å²) in [6.45, 7) is 27.9. The monoisotopic (exact) mass is 452 g/mol. The summed E-state index contributed by atoms with van der Waals surface area (Å²) in [5.74, 6) is 0. The van der Waals surface area contributed by atoms with Gasteiger partial charge in [0, 0.05) is 0 Å². The van der Waals surface area contributed by atoms with Crippen LogP contribution >= 0.6 is 0 Å². The first-order chi connectivity index (χ1) is 14.6. The van der Waals surface area contributed by atoms with Crippen LogP contribution in [0.15, 0.2) is 24.3 Å². The first-order valence-corrected chi connectivity index (χ1v) is 14.0. The largest absolute Gasteiger partial charge is 0.403 e. The Hall–Kier alpha value is -1.42. The van der Waals surface area contributed by atoms with E-state index < -0.39 is 8.32 Å². The Labute approximate surface area is 197 Å². The van der Waals surface area contributed by atoms with E-state index in [4.69, 9.17) is 9.16 Å². The van der Waals surface area contributed by atoms with E-state index in [9.17, 15) is 0 Å². The van der Waals surface area contributed by atoms with E-state index in [1.807, 2.05) is 0 Å². The summed E-state index contributed by atoms with van der Waals surface area (Å²) in [4.78, 5) is 0. The second-order valence-corrected chi connectivity index (χ2v) is 15.6. The van der Waals surface area contributed by atoms with E-state index >= 15 is 0 Å². The highest BCUT2D eigenvalue weighted by Gasteiger charge is 2.59. The highest BCUT2D eigenvalue weighted by atomic mass is 28.4. The average Bonchev–Trinajstić information content (AvgIpc) is 2.58. The van der Waals surface area contributed by atoms with Crippen molar-refractivity contribution in [2.75, 3.05) is 6.61 Å². The van der Waals surface area contributed by atoms with Crippen LogP contribution in [0.1, 0.15) is 74.9 Å². The summed E-state index contributed by atoms with van der Waals surface area (Å²) < 4.78 is 14.5. The fourth-order valence-corrected chi connectivity index (χ4v) is 11.7. The van der Waals surface area contributed by atoms with E-state index in [2.05, 4.69) is 107 Å². The highest BCUT2D eigenvalue weighted by molar-refractivity contribution is 6.99. The molecule has 0 saturated carbocycles. The molecule has 0 unspecified atom stereocenters. The van der Waals surface area contributed by atoms with Gasteiger partial charge in [-0.1, -0.05) is 76.9 Å². The smallest absolute Gasteiger partial charge is 0.286 e. The molecule has 0 N–H and O–H groups in total. The number of benzene rings is 2. The maximum absolute atomic E-state index is 7.33. The average molecular weight is 453 g/mol. The number of rotatable bonds is 2. The van der Waals surface area contributed by atoms with E-state index in [1.165, 1.54) is 43.8 Å². The van der Waals surface area contributed by atoms with Crippen LogP contribution in [0, 0.1) is 52.4 Å². The van der Waals surface area contributed by atoms with Gasteiger partial charge in [-0.05, 0) is 85.0 Å². The molecule has 3 rings (SSSR count). The Morgan fingerprint density at radius 2 is 1.03 bits per heavy atom. The van der Waals surface area contributed by atoms with E-state index in [0.29, 0.717) is 6.61 Å². The molecule has 2 aromatic rings. The van der Waals surface area contributed by atoms with Crippen molar-refractivity contribution in [3.8, 4) is 0 Å². The van der Waals surface area contributed by atoms with E-state index in [0.717, 1.165) is 0 Å². The van der Waals surface area contributed by atoms with Gasteiger partial charge in [0.05, 0.1) is 18.4 Å². The van der Waals surface area contributed by atoms with Crippen LogP contribution in [0.3, 0.4) is 0 Å². The third-order valence-corrected chi connectivity index (χ3v) is 12.4. The zero-order valence-corrected chi connectivity index (χ0v) is 23.5. The van der Waals surface area contributed by atoms with E-state index in [1.54, 1.807) is 0 Å². The van der Waals surface area contributed by atoms with E-state index in [-0.39, 0.29) is 22.7 Å². The molecule has 1 heterocycles. The topological polar surface area (TPSA) is 18.5 Å². The quantitative estimate of drug-likeness (QED) is 0.519. The standard InChI is InChI=1S/C29H44O2Si/c1-18-13-20(3)25(21(4)14-18)32(26-22(5)15-19(2)16-23(26)6)27(29(10,11)12)31-24(17-30-32)28(7,8)9/h13-16,24,27H,17H2,1-12H3/t24-,27+/m1/s1. The molecule has 0 spiro atoms. The third kappa shape index (κ3) is 4.36. The number of hydrogen-bond donors (Lipinski definition) is 0. The Morgan fingerprint density at radius 3 is 1.34 bits per heavy atom. The van der Waals surface area contributed by atoms with Crippen LogP contribution in [0.2, 0.25) is 0 Å². The number of hydrogen-bond acceptors (Lipinski definition) is 2. The van der Waals surface area contributed by atoms with Gasteiger partial charge in [-0.2, -0.15) is 0 Å². The summed E-state index contributed by atoms with van der Waals surface area (Å²) in [5.41, 5.74) is 7.92. The van der Waals surface area contributed by atoms with Gasteiger partial charge >= 0.3 is 0 Å². The Balaban J connectivity index is 2.44. The summed E-state index contributed by atoms with van der Waals surface area (Å²) in [7, 11) is -2.77. The predicted octanol–water partition coefficient (Wildman–Crippen LogP) is 6.01. The Morgan fingerprint density at radius 1 is 0.656 bits per heavy atom. The molecule has 2 atom stereocenters. The van der Waals surface area contributed by atoms with Gasteiger partial charge in [-0.15, -0.1) is 0 Å². The summed E-state index contributed by atoms with van der Waals surface area (Å²) in [6.07, 6.45) is 0.0736. The van der Waals surface area contributed by atoms with Crippen molar-refractivity contribution >= 4 is 18.7 Å². The molecular formula is C29H44O2Si. The van der Waals surface area contributed by atoms with Crippen LogP contribution in [-0.4, -0.2) is 26.8 Å². The molecule has 1 saturated heterocycles. The minimum Gasteiger partial charge on any atom is -0.403 e. The highest BCUT2D eigenvalue weighted by Crippen LogP contribution is 2.40. The third-order valence-electron chi connectivity index (χ3n) is 6.98. The number of ether oxygens (including phenoxy) is 1. The minimum absolute atomic E-state index is 0.00758. The summed E-state index contributed by atoms with van der Waals surface area (Å²) in [6, 6.07) is 9.31. The fraction of sp³-hybridized carbons (Fsp3) is 0.586. The van der Waals surface area contributed by atoms with Crippen molar-refractivity contribution in [1.82, 2.24) is 0 Å². The maximum atomic E-state index is 7.33. The maximum Gasteiger partial charge on any atom is 0.286 e. The fourth-order valence-electron chi connectivity index (χ4n) is 5.91. The molecule has 0 amide bonds. The molecule has 0 radical (unpaired) electrons. The normalized spacial score (nSPS) is 21.6. The summed E-state index contributed by atoms with van der Waals surface area (Å²) >= 11 is 0. The van der Waals surface area contributed by atoms with Gasteiger partial charge in [0.2, 0.25) is 0 Å². The van der Waals surface area contributed by atoms with Gasteiger partial charge in [0.1, 0.15) is 0 Å². The van der Waals surface area contributed by atoms with Crippen LogP contribution in [-0.2, 0) is 9.16 Å². The lowest BCUT2D eigenvalue weighted by molar-refractivity contribution is -0.122. The van der Waals surface area contributed by atoms with Gasteiger partial charge in [-0.25, -0.2) is 0 Å². The van der Waals surface area contributed by atoms with Crippen LogP contribution < -0.4 is 10.4 Å². The second kappa shape index (κ2) is 8.41. The van der Waals surface area contributed by atoms with Crippen molar-refractivity contribution in [3.63, 3.8) is 0 Å². The van der Waals surface area contributed by atoms with Gasteiger partial charge in [-0.3, -0.25) is 0 Å². The molecule has 0 bridgehead atoms.